The fourth-order valence-corrected chi connectivity index (χ4v) is 2.44. The van der Waals surface area contributed by atoms with Gasteiger partial charge in [0.1, 0.15) is 5.76 Å². The molecular weight excluding hydrogens is 248 g/mol. The Morgan fingerprint density at radius 3 is 2.70 bits per heavy atom. The zero-order chi connectivity index (χ0) is 14.6. The Hall–Kier alpha value is -0.800. The van der Waals surface area contributed by atoms with Crippen LogP contribution in [0, 0.1) is 5.92 Å². The molecule has 1 saturated carbocycles. The predicted molar refractivity (Wildman–Crippen MR) is 83.6 cm³/mol. The zero-order valence-corrected chi connectivity index (χ0v) is 13.5. The highest BCUT2D eigenvalue weighted by molar-refractivity contribution is 5.17. The maximum atomic E-state index is 5.73. The zero-order valence-electron chi connectivity index (χ0n) is 13.5. The van der Waals surface area contributed by atoms with Gasteiger partial charge >= 0.3 is 0 Å². The van der Waals surface area contributed by atoms with E-state index in [0.29, 0.717) is 0 Å². The second-order valence-electron chi connectivity index (χ2n) is 7.15. The molecule has 1 aromatic heterocycles. The molecule has 1 fully saturated rings. The molecule has 0 saturated heterocycles. The van der Waals surface area contributed by atoms with Crippen molar-refractivity contribution in [2.45, 2.75) is 65.6 Å². The van der Waals surface area contributed by atoms with Gasteiger partial charge in [-0.2, -0.15) is 0 Å². The van der Waals surface area contributed by atoms with Gasteiger partial charge in [-0.25, -0.2) is 0 Å². The van der Waals surface area contributed by atoms with Gasteiger partial charge in [-0.3, -0.25) is 4.90 Å². The Bertz CT molecular complexity index is 401. The highest BCUT2D eigenvalue weighted by Gasteiger charge is 2.25. The van der Waals surface area contributed by atoms with E-state index in [1.807, 2.05) is 6.26 Å². The highest BCUT2D eigenvalue weighted by atomic mass is 16.3. The molecule has 0 aliphatic heterocycles. The number of rotatable bonds is 8. The van der Waals surface area contributed by atoms with Crippen molar-refractivity contribution in [1.29, 1.82) is 0 Å². The molecule has 20 heavy (non-hydrogen) atoms. The molecule has 0 amide bonds. The van der Waals surface area contributed by atoms with Crippen molar-refractivity contribution in [3.63, 3.8) is 0 Å². The van der Waals surface area contributed by atoms with Crippen LogP contribution in [0.3, 0.4) is 0 Å². The minimum Gasteiger partial charge on any atom is -0.468 e. The summed E-state index contributed by atoms with van der Waals surface area (Å²) in [7, 11) is 0. The van der Waals surface area contributed by atoms with Gasteiger partial charge in [-0.15, -0.1) is 0 Å². The Kier molecular flexibility index (Phi) is 5.28. The normalized spacial score (nSPS) is 16.1. The van der Waals surface area contributed by atoms with Crippen LogP contribution in [-0.2, 0) is 13.1 Å². The summed E-state index contributed by atoms with van der Waals surface area (Å²) < 4.78 is 5.73. The van der Waals surface area contributed by atoms with Crippen LogP contribution in [0.5, 0.6) is 0 Å². The molecule has 114 valence electrons. The van der Waals surface area contributed by atoms with E-state index in [2.05, 4.69) is 44.0 Å². The Morgan fingerprint density at radius 1 is 1.35 bits per heavy atom. The van der Waals surface area contributed by atoms with Crippen molar-refractivity contribution >= 4 is 0 Å². The van der Waals surface area contributed by atoms with Crippen molar-refractivity contribution < 1.29 is 4.42 Å². The van der Waals surface area contributed by atoms with Crippen LogP contribution in [0.15, 0.2) is 16.7 Å². The predicted octanol–water partition coefficient (Wildman–Crippen LogP) is 3.79. The monoisotopic (exact) mass is 278 g/mol. The van der Waals surface area contributed by atoms with E-state index in [-0.39, 0.29) is 5.54 Å². The quantitative estimate of drug-likeness (QED) is 0.784. The van der Waals surface area contributed by atoms with Gasteiger partial charge in [0.25, 0.3) is 0 Å². The summed E-state index contributed by atoms with van der Waals surface area (Å²) in [6.45, 7) is 13.1. The molecule has 3 nitrogen and oxygen atoms in total. The largest absolute Gasteiger partial charge is 0.468 e. The molecule has 1 aromatic rings. The van der Waals surface area contributed by atoms with Crippen LogP contribution < -0.4 is 5.32 Å². The minimum atomic E-state index is 0.145. The van der Waals surface area contributed by atoms with Crippen LogP contribution in [0.2, 0.25) is 0 Å². The van der Waals surface area contributed by atoms with Crippen molar-refractivity contribution in [3.8, 4) is 0 Å². The van der Waals surface area contributed by atoms with Crippen molar-refractivity contribution in [3.05, 3.63) is 23.7 Å². The van der Waals surface area contributed by atoms with Crippen molar-refractivity contribution in [1.82, 2.24) is 10.2 Å². The number of furan rings is 1. The Balaban J connectivity index is 1.91. The molecular formula is C17H30N2O. The van der Waals surface area contributed by atoms with E-state index >= 15 is 0 Å². The molecule has 3 heteroatoms. The maximum absolute atomic E-state index is 5.73. The molecule has 1 aliphatic rings. The van der Waals surface area contributed by atoms with Crippen LogP contribution in [0.25, 0.3) is 0 Å². The van der Waals surface area contributed by atoms with Gasteiger partial charge in [-0.1, -0.05) is 6.92 Å². The van der Waals surface area contributed by atoms with Crippen molar-refractivity contribution in [2.75, 3.05) is 13.1 Å². The average Bonchev–Trinajstić information content (AvgIpc) is 3.04. The lowest BCUT2D eigenvalue weighted by Crippen LogP contribution is -2.35. The summed E-state index contributed by atoms with van der Waals surface area (Å²) in [5.74, 6) is 2.07. The first-order chi connectivity index (χ1) is 9.48. The number of hydrogen-bond acceptors (Lipinski definition) is 3. The van der Waals surface area contributed by atoms with Gasteiger partial charge in [-0.05, 0) is 58.6 Å². The molecule has 1 aliphatic carbocycles. The summed E-state index contributed by atoms with van der Waals surface area (Å²) in [6.07, 6.45) is 5.87. The summed E-state index contributed by atoms with van der Waals surface area (Å²) in [6, 6.07) is 2.11. The van der Waals surface area contributed by atoms with Gasteiger partial charge in [0.05, 0.1) is 12.8 Å². The van der Waals surface area contributed by atoms with Crippen LogP contribution in [-0.4, -0.2) is 23.5 Å². The lowest BCUT2D eigenvalue weighted by atomic mass is 10.1. The molecule has 2 rings (SSSR count). The fraction of sp³-hybridized carbons (Fsp3) is 0.765. The smallest absolute Gasteiger partial charge is 0.122 e. The van der Waals surface area contributed by atoms with E-state index in [9.17, 15) is 0 Å². The SMILES string of the molecule is CCCN(Cc1occc1CNC(C)(C)C)CC1CC1. The highest BCUT2D eigenvalue weighted by Crippen LogP contribution is 2.30. The van der Waals surface area contributed by atoms with Gasteiger partial charge in [0.15, 0.2) is 0 Å². The summed E-state index contributed by atoms with van der Waals surface area (Å²) in [4.78, 5) is 2.55. The second-order valence-corrected chi connectivity index (χ2v) is 7.15. The maximum Gasteiger partial charge on any atom is 0.122 e. The molecule has 1 heterocycles. The first-order valence-electron chi connectivity index (χ1n) is 8.00. The van der Waals surface area contributed by atoms with Crippen LogP contribution in [0.4, 0.5) is 0 Å². The van der Waals surface area contributed by atoms with Crippen LogP contribution in [0.1, 0.15) is 58.3 Å². The average molecular weight is 278 g/mol. The second kappa shape index (κ2) is 6.77. The van der Waals surface area contributed by atoms with Gasteiger partial charge in [0, 0.05) is 24.2 Å². The summed E-state index contributed by atoms with van der Waals surface area (Å²) >= 11 is 0. The first-order valence-corrected chi connectivity index (χ1v) is 8.00. The molecule has 0 radical (unpaired) electrons. The number of nitrogens with one attached hydrogen (secondary N) is 1. The third kappa shape index (κ3) is 5.29. The Labute approximate surface area is 123 Å². The third-order valence-electron chi connectivity index (χ3n) is 3.77. The van der Waals surface area contributed by atoms with E-state index in [1.165, 1.54) is 37.9 Å². The topological polar surface area (TPSA) is 28.4 Å². The number of nitrogens with zero attached hydrogens (tertiary/aromatic N) is 1. The van der Waals surface area contributed by atoms with E-state index in [1.54, 1.807) is 0 Å². The van der Waals surface area contributed by atoms with E-state index in [0.717, 1.165) is 24.8 Å². The molecule has 0 bridgehead atoms. The van der Waals surface area contributed by atoms with Gasteiger partial charge in [0.2, 0.25) is 0 Å². The molecule has 0 atom stereocenters. The minimum absolute atomic E-state index is 0.145. The summed E-state index contributed by atoms with van der Waals surface area (Å²) in [5.41, 5.74) is 1.45. The number of hydrogen-bond donors (Lipinski definition) is 1. The van der Waals surface area contributed by atoms with E-state index in [4.69, 9.17) is 4.42 Å². The molecule has 0 unspecified atom stereocenters. The lowest BCUT2D eigenvalue weighted by Gasteiger charge is -2.23. The van der Waals surface area contributed by atoms with Gasteiger partial charge < -0.3 is 9.73 Å². The Morgan fingerprint density at radius 2 is 2.10 bits per heavy atom. The van der Waals surface area contributed by atoms with E-state index < -0.39 is 0 Å². The molecule has 1 N–H and O–H groups in total. The first kappa shape index (κ1) is 15.6. The summed E-state index contributed by atoms with van der Waals surface area (Å²) in [5, 5.41) is 3.54. The fourth-order valence-electron chi connectivity index (χ4n) is 2.44. The lowest BCUT2D eigenvalue weighted by molar-refractivity contribution is 0.233. The molecule has 0 spiro atoms. The standard InChI is InChI=1S/C17H30N2O/c1-5-9-19(12-14-6-7-14)13-16-15(8-10-20-16)11-18-17(2,3)4/h8,10,14,18H,5-7,9,11-13H2,1-4H3. The van der Waals surface area contributed by atoms with Crippen LogP contribution >= 0.6 is 0 Å². The van der Waals surface area contributed by atoms with Crippen molar-refractivity contribution in [2.24, 2.45) is 5.92 Å². The third-order valence-corrected chi connectivity index (χ3v) is 3.77. The molecule has 0 aromatic carbocycles.